The smallest absolute Gasteiger partial charge is 0.339 e. The first-order valence-corrected chi connectivity index (χ1v) is 10.7. The lowest BCUT2D eigenvalue weighted by Crippen LogP contribution is -2.37. The first-order chi connectivity index (χ1) is 14.8. The topological polar surface area (TPSA) is 86.1 Å². The van der Waals surface area contributed by atoms with Crippen molar-refractivity contribution in [3.63, 3.8) is 0 Å². The molecule has 0 saturated carbocycles. The van der Waals surface area contributed by atoms with Gasteiger partial charge < -0.3 is 10.1 Å². The highest BCUT2D eigenvalue weighted by atomic mass is 16.5. The second-order valence-electron chi connectivity index (χ2n) is 8.24. The fourth-order valence-corrected chi connectivity index (χ4v) is 3.28. The van der Waals surface area contributed by atoms with E-state index in [-0.39, 0.29) is 17.9 Å². The molecule has 3 aromatic rings. The maximum absolute atomic E-state index is 13.0. The van der Waals surface area contributed by atoms with Gasteiger partial charge in [-0.05, 0) is 44.7 Å². The molecular weight excluding hydrogens is 392 g/mol. The van der Waals surface area contributed by atoms with Crippen LogP contribution in [-0.2, 0) is 16.0 Å². The van der Waals surface area contributed by atoms with E-state index in [1.54, 1.807) is 23.9 Å². The van der Waals surface area contributed by atoms with Crippen LogP contribution in [0.4, 0.5) is 0 Å². The number of hydrogen-bond acceptors (Lipinski definition) is 5. The molecule has 7 heteroatoms. The Balaban J connectivity index is 1.72. The predicted octanol–water partition coefficient (Wildman–Crippen LogP) is 4.04. The quantitative estimate of drug-likeness (QED) is 0.554. The number of carbonyl (C=O) groups is 2. The molecule has 0 aliphatic carbocycles. The van der Waals surface area contributed by atoms with Gasteiger partial charge in [0.05, 0.1) is 17.1 Å². The van der Waals surface area contributed by atoms with Gasteiger partial charge in [-0.25, -0.2) is 14.5 Å². The van der Waals surface area contributed by atoms with Gasteiger partial charge in [-0.3, -0.25) is 4.79 Å². The molecule has 7 nitrogen and oxygen atoms in total. The van der Waals surface area contributed by atoms with Crippen LogP contribution in [0.2, 0.25) is 0 Å². The largest absolute Gasteiger partial charge is 0.449 e. The SMILES string of the molecule is CC(C)c1cc(C(=O)O[C@@H](C)C(=O)NCCc2ccccc2)c2cnn(C(C)C)c2n1. The number of rotatable bonds is 8. The van der Waals surface area contributed by atoms with Crippen LogP contribution in [0.25, 0.3) is 11.0 Å². The third kappa shape index (κ3) is 5.29. The second-order valence-corrected chi connectivity index (χ2v) is 8.24. The predicted molar refractivity (Wildman–Crippen MR) is 120 cm³/mol. The number of nitrogens with one attached hydrogen (secondary N) is 1. The third-order valence-corrected chi connectivity index (χ3v) is 5.10. The van der Waals surface area contributed by atoms with Gasteiger partial charge in [0, 0.05) is 18.3 Å². The summed E-state index contributed by atoms with van der Waals surface area (Å²) in [6, 6.07) is 11.7. The van der Waals surface area contributed by atoms with Gasteiger partial charge >= 0.3 is 5.97 Å². The Morgan fingerprint density at radius 1 is 1.10 bits per heavy atom. The average molecular weight is 423 g/mol. The molecule has 2 heterocycles. The number of nitrogens with zero attached hydrogens (tertiary/aromatic N) is 3. The molecule has 1 aromatic carbocycles. The lowest BCUT2D eigenvalue weighted by atomic mass is 10.1. The molecule has 1 amide bonds. The van der Waals surface area contributed by atoms with Gasteiger partial charge in [0.1, 0.15) is 0 Å². The fourth-order valence-electron chi connectivity index (χ4n) is 3.28. The van der Waals surface area contributed by atoms with Crippen molar-refractivity contribution in [2.75, 3.05) is 6.54 Å². The van der Waals surface area contributed by atoms with Gasteiger partial charge in [0.25, 0.3) is 5.91 Å². The van der Waals surface area contributed by atoms with Crippen LogP contribution in [-0.4, -0.2) is 39.3 Å². The molecule has 0 aliphatic heterocycles. The van der Waals surface area contributed by atoms with E-state index >= 15 is 0 Å². The van der Waals surface area contributed by atoms with Crippen LogP contribution in [0.3, 0.4) is 0 Å². The number of esters is 1. The number of pyridine rings is 1. The summed E-state index contributed by atoms with van der Waals surface area (Å²) in [5.74, 6) is -0.745. The standard InChI is InChI=1S/C24H30N4O3/c1-15(2)21-13-19(20-14-26-28(16(3)4)22(20)27-21)24(30)31-17(5)23(29)25-12-11-18-9-7-6-8-10-18/h6-10,13-17H,11-12H2,1-5H3,(H,25,29)/t17-/m0/s1. The first-order valence-electron chi connectivity index (χ1n) is 10.7. The van der Waals surface area contributed by atoms with Crippen LogP contribution < -0.4 is 5.32 Å². The summed E-state index contributed by atoms with van der Waals surface area (Å²) in [6.07, 6.45) is 1.44. The third-order valence-electron chi connectivity index (χ3n) is 5.10. The summed E-state index contributed by atoms with van der Waals surface area (Å²) in [5, 5.41) is 7.84. The number of fused-ring (bicyclic) bond motifs is 1. The number of benzene rings is 1. The summed E-state index contributed by atoms with van der Waals surface area (Å²) < 4.78 is 7.29. The molecule has 0 unspecified atom stereocenters. The van der Waals surface area contributed by atoms with Crippen LogP contribution >= 0.6 is 0 Å². The highest BCUT2D eigenvalue weighted by Gasteiger charge is 2.23. The molecule has 0 bridgehead atoms. The van der Waals surface area contributed by atoms with Crippen molar-refractivity contribution in [1.82, 2.24) is 20.1 Å². The normalized spacial score (nSPS) is 12.4. The molecule has 1 atom stereocenters. The molecule has 0 radical (unpaired) electrons. The lowest BCUT2D eigenvalue weighted by molar-refractivity contribution is -0.129. The minimum Gasteiger partial charge on any atom is -0.449 e. The summed E-state index contributed by atoms with van der Waals surface area (Å²) in [7, 11) is 0. The molecule has 1 N–H and O–H groups in total. The molecule has 0 aliphatic rings. The highest BCUT2D eigenvalue weighted by molar-refractivity contribution is 6.03. The van der Waals surface area contributed by atoms with E-state index in [2.05, 4.69) is 10.4 Å². The molecular formula is C24H30N4O3. The van der Waals surface area contributed by atoms with Crippen LogP contribution in [0.5, 0.6) is 0 Å². The zero-order chi connectivity index (χ0) is 22.5. The number of hydrogen-bond donors (Lipinski definition) is 1. The van der Waals surface area contributed by atoms with E-state index in [0.717, 1.165) is 11.3 Å². The maximum Gasteiger partial charge on any atom is 0.339 e. The van der Waals surface area contributed by atoms with Gasteiger partial charge in [-0.15, -0.1) is 0 Å². The van der Waals surface area contributed by atoms with E-state index in [1.807, 2.05) is 58.0 Å². The van der Waals surface area contributed by atoms with Crippen molar-refractivity contribution < 1.29 is 14.3 Å². The zero-order valence-electron chi connectivity index (χ0n) is 18.8. The Bertz CT molecular complexity index is 1060. The Hall–Kier alpha value is -3.22. The van der Waals surface area contributed by atoms with Gasteiger partial charge in [0.15, 0.2) is 11.8 Å². The molecule has 164 valence electrons. The lowest BCUT2D eigenvalue weighted by Gasteiger charge is -2.15. The molecule has 31 heavy (non-hydrogen) atoms. The van der Waals surface area contributed by atoms with Crippen molar-refractivity contribution in [3.8, 4) is 0 Å². The minimum atomic E-state index is -0.908. The van der Waals surface area contributed by atoms with Gasteiger partial charge in [0.2, 0.25) is 0 Å². The minimum absolute atomic E-state index is 0.102. The Kier molecular flexibility index (Phi) is 7.05. The Labute approximate surface area is 182 Å². The molecule has 3 rings (SSSR count). The van der Waals surface area contributed by atoms with Crippen molar-refractivity contribution >= 4 is 22.9 Å². The van der Waals surface area contributed by atoms with Gasteiger partial charge in [-0.2, -0.15) is 5.10 Å². The Morgan fingerprint density at radius 2 is 1.81 bits per heavy atom. The molecule has 2 aromatic heterocycles. The fraction of sp³-hybridized carbons (Fsp3) is 0.417. The van der Waals surface area contributed by atoms with Crippen LogP contribution in [0, 0.1) is 0 Å². The van der Waals surface area contributed by atoms with Gasteiger partial charge in [-0.1, -0.05) is 44.2 Å². The van der Waals surface area contributed by atoms with Crippen LogP contribution in [0.1, 0.15) is 68.2 Å². The van der Waals surface area contributed by atoms with Crippen LogP contribution in [0.15, 0.2) is 42.6 Å². The van der Waals surface area contributed by atoms with E-state index < -0.39 is 12.1 Å². The number of aromatic nitrogens is 3. The van der Waals surface area contributed by atoms with E-state index in [9.17, 15) is 9.59 Å². The molecule has 0 spiro atoms. The van der Waals surface area contributed by atoms with Crippen molar-refractivity contribution in [3.05, 3.63) is 59.4 Å². The number of carbonyl (C=O) groups excluding carboxylic acids is 2. The first kappa shape index (κ1) is 22.5. The summed E-state index contributed by atoms with van der Waals surface area (Å²) >= 11 is 0. The second kappa shape index (κ2) is 9.73. The van der Waals surface area contributed by atoms with Crippen molar-refractivity contribution in [2.24, 2.45) is 0 Å². The van der Waals surface area contributed by atoms with Crippen molar-refractivity contribution in [2.45, 2.75) is 59.1 Å². The Morgan fingerprint density at radius 3 is 2.45 bits per heavy atom. The highest BCUT2D eigenvalue weighted by Crippen LogP contribution is 2.25. The number of amides is 1. The average Bonchev–Trinajstić information content (AvgIpc) is 3.17. The summed E-state index contributed by atoms with van der Waals surface area (Å²) in [4.78, 5) is 30.1. The number of ether oxygens (including phenoxy) is 1. The maximum atomic E-state index is 13.0. The molecule has 0 fully saturated rings. The monoisotopic (exact) mass is 422 g/mol. The molecule has 0 saturated heterocycles. The zero-order valence-corrected chi connectivity index (χ0v) is 18.8. The summed E-state index contributed by atoms with van der Waals surface area (Å²) in [5.41, 5.74) is 2.94. The summed E-state index contributed by atoms with van der Waals surface area (Å²) in [6.45, 7) is 10.1. The van der Waals surface area contributed by atoms with Crippen molar-refractivity contribution in [1.29, 1.82) is 0 Å². The van der Waals surface area contributed by atoms with E-state index in [4.69, 9.17) is 9.72 Å². The van der Waals surface area contributed by atoms with E-state index in [1.165, 1.54) is 0 Å². The van der Waals surface area contributed by atoms with E-state index in [0.29, 0.717) is 29.6 Å².